The van der Waals surface area contributed by atoms with Crippen molar-refractivity contribution in [3.05, 3.63) is 30.1 Å². The van der Waals surface area contributed by atoms with Crippen LogP contribution in [0.1, 0.15) is 39.9 Å². The van der Waals surface area contributed by atoms with E-state index in [-0.39, 0.29) is 5.41 Å². The molecular formula is C17H27N3. The standard InChI is InChI=1S/C17H27N3/c1-6-17(3,4)15(18-5)12-16-19-13-10-8-9-11-14(13)20(16)7-2/h8-11,15,18H,6-7,12H2,1-5H3. The summed E-state index contributed by atoms with van der Waals surface area (Å²) in [5.41, 5.74) is 2.62. The van der Waals surface area contributed by atoms with Crippen molar-refractivity contribution in [3.63, 3.8) is 0 Å². The number of nitrogens with one attached hydrogen (secondary N) is 1. The van der Waals surface area contributed by atoms with Crippen molar-refractivity contribution in [2.45, 2.75) is 53.1 Å². The Morgan fingerprint density at radius 2 is 1.95 bits per heavy atom. The maximum absolute atomic E-state index is 4.84. The minimum atomic E-state index is 0.269. The molecule has 110 valence electrons. The summed E-state index contributed by atoms with van der Waals surface area (Å²) in [6, 6.07) is 8.85. The summed E-state index contributed by atoms with van der Waals surface area (Å²) in [4.78, 5) is 4.84. The van der Waals surface area contributed by atoms with Crippen LogP contribution in [0, 0.1) is 5.41 Å². The molecule has 0 radical (unpaired) electrons. The Morgan fingerprint density at radius 1 is 1.25 bits per heavy atom. The SMILES string of the molecule is CCn1c(CC(NC)C(C)(C)CC)nc2ccccc21. The Hall–Kier alpha value is -1.35. The van der Waals surface area contributed by atoms with E-state index in [1.807, 2.05) is 0 Å². The average Bonchev–Trinajstić information content (AvgIpc) is 2.81. The number of hydrogen-bond donors (Lipinski definition) is 1. The van der Waals surface area contributed by atoms with Gasteiger partial charge in [0, 0.05) is 19.0 Å². The first-order valence-electron chi connectivity index (χ1n) is 7.64. The number of imidazole rings is 1. The molecule has 0 amide bonds. The van der Waals surface area contributed by atoms with E-state index in [0.29, 0.717) is 6.04 Å². The van der Waals surface area contributed by atoms with Gasteiger partial charge >= 0.3 is 0 Å². The quantitative estimate of drug-likeness (QED) is 0.871. The van der Waals surface area contributed by atoms with Gasteiger partial charge in [0.1, 0.15) is 5.82 Å². The van der Waals surface area contributed by atoms with Crippen molar-refractivity contribution in [3.8, 4) is 0 Å². The first-order chi connectivity index (χ1) is 9.53. The summed E-state index contributed by atoms with van der Waals surface area (Å²) in [5.74, 6) is 1.19. The maximum Gasteiger partial charge on any atom is 0.111 e. The maximum atomic E-state index is 4.84. The van der Waals surface area contributed by atoms with Crippen molar-refractivity contribution < 1.29 is 0 Å². The predicted octanol–water partition coefficient (Wildman–Crippen LogP) is 3.62. The van der Waals surface area contributed by atoms with Crippen LogP contribution >= 0.6 is 0 Å². The first kappa shape index (κ1) is 15.0. The van der Waals surface area contributed by atoms with Crippen LogP contribution in [-0.2, 0) is 13.0 Å². The van der Waals surface area contributed by atoms with E-state index < -0.39 is 0 Å². The number of nitrogens with zero attached hydrogens (tertiary/aromatic N) is 2. The lowest BCUT2D eigenvalue weighted by atomic mass is 9.80. The zero-order chi connectivity index (χ0) is 14.8. The third-order valence-corrected chi connectivity index (χ3v) is 4.64. The molecule has 1 unspecified atom stereocenters. The fourth-order valence-corrected chi connectivity index (χ4v) is 2.83. The highest BCUT2D eigenvalue weighted by atomic mass is 15.1. The highest BCUT2D eigenvalue weighted by Crippen LogP contribution is 2.28. The van der Waals surface area contributed by atoms with Crippen LogP contribution in [0.5, 0.6) is 0 Å². The molecule has 0 aliphatic heterocycles. The number of fused-ring (bicyclic) bond motifs is 1. The van der Waals surface area contributed by atoms with Gasteiger partial charge in [0.2, 0.25) is 0 Å². The zero-order valence-corrected chi connectivity index (χ0v) is 13.4. The molecule has 1 aromatic heterocycles. The topological polar surface area (TPSA) is 29.9 Å². The molecule has 20 heavy (non-hydrogen) atoms. The third-order valence-electron chi connectivity index (χ3n) is 4.64. The van der Waals surface area contributed by atoms with E-state index in [1.165, 1.54) is 11.3 Å². The molecule has 2 rings (SSSR count). The normalized spacial score (nSPS) is 13.8. The zero-order valence-electron chi connectivity index (χ0n) is 13.4. The summed E-state index contributed by atoms with van der Waals surface area (Å²) in [6.07, 6.45) is 2.13. The van der Waals surface area contributed by atoms with Crippen molar-refractivity contribution in [1.82, 2.24) is 14.9 Å². The molecule has 1 aromatic carbocycles. The molecule has 3 nitrogen and oxygen atoms in total. The van der Waals surface area contributed by atoms with Gasteiger partial charge in [0.25, 0.3) is 0 Å². The lowest BCUT2D eigenvalue weighted by Crippen LogP contribution is -2.41. The molecule has 0 saturated carbocycles. The third kappa shape index (κ3) is 2.73. The van der Waals surface area contributed by atoms with Gasteiger partial charge in [-0.25, -0.2) is 4.98 Å². The van der Waals surface area contributed by atoms with Crippen molar-refractivity contribution in [1.29, 1.82) is 0 Å². The number of aryl methyl sites for hydroxylation is 1. The second-order valence-corrected chi connectivity index (χ2v) is 6.15. The Morgan fingerprint density at radius 3 is 2.55 bits per heavy atom. The largest absolute Gasteiger partial charge is 0.328 e. The van der Waals surface area contributed by atoms with Crippen molar-refractivity contribution in [2.24, 2.45) is 5.41 Å². The minimum absolute atomic E-state index is 0.269. The molecule has 1 atom stereocenters. The van der Waals surface area contributed by atoms with Gasteiger partial charge in [-0.3, -0.25) is 0 Å². The molecule has 3 heteroatoms. The summed E-state index contributed by atoms with van der Waals surface area (Å²) < 4.78 is 2.34. The van der Waals surface area contributed by atoms with Gasteiger partial charge in [-0.2, -0.15) is 0 Å². The highest BCUT2D eigenvalue weighted by molar-refractivity contribution is 5.75. The number of likely N-dealkylation sites (N-methyl/N-ethyl adjacent to an activating group) is 1. The lowest BCUT2D eigenvalue weighted by molar-refractivity contribution is 0.237. The van der Waals surface area contributed by atoms with Gasteiger partial charge in [-0.05, 0) is 37.9 Å². The fraction of sp³-hybridized carbons (Fsp3) is 0.588. The first-order valence-corrected chi connectivity index (χ1v) is 7.64. The summed E-state index contributed by atoms with van der Waals surface area (Å²) in [5, 5.41) is 3.48. The molecule has 1 heterocycles. The molecule has 2 aromatic rings. The number of rotatable bonds is 6. The minimum Gasteiger partial charge on any atom is -0.328 e. The van der Waals surface area contributed by atoms with E-state index in [2.05, 4.69) is 68.9 Å². The molecule has 0 spiro atoms. The average molecular weight is 273 g/mol. The van der Waals surface area contributed by atoms with Gasteiger partial charge in [-0.1, -0.05) is 32.9 Å². The molecule has 0 bridgehead atoms. The van der Waals surface area contributed by atoms with Crippen LogP contribution in [0.3, 0.4) is 0 Å². The Kier molecular flexibility index (Phi) is 4.48. The van der Waals surface area contributed by atoms with E-state index in [0.717, 1.165) is 24.9 Å². The molecule has 0 aliphatic carbocycles. The van der Waals surface area contributed by atoms with Crippen LogP contribution < -0.4 is 5.32 Å². The number of aromatic nitrogens is 2. The second-order valence-electron chi connectivity index (χ2n) is 6.15. The van der Waals surface area contributed by atoms with Crippen LogP contribution in [-0.4, -0.2) is 22.6 Å². The fourth-order valence-electron chi connectivity index (χ4n) is 2.83. The molecular weight excluding hydrogens is 246 g/mol. The van der Waals surface area contributed by atoms with Gasteiger partial charge in [0.15, 0.2) is 0 Å². The monoisotopic (exact) mass is 273 g/mol. The number of hydrogen-bond acceptors (Lipinski definition) is 2. The summed E-state index contributed by atoms with van der Waals surface area (Å²) >= 11 is 0. The number of benzene rings is 1. The second kappa shape index (κ2) is 5.96. The molecule has 0 aliphatic rings. The smallest absolute Gasteiger partial charge is 0.111 e. The van der Waals surface area contributed by atoms with E-state index in [4.69, 9.17) is 4.98 Å². The Bertz CT molecular complexity index is 569. The molecule has 0 fully saturated rings. The van der Waals surface area contributed by atoms with E-state index >= 15 is 0 Å². The Labute approximate surface area is 122 Å². The van der Waals surface area contributed by atoms with Crippen LogP contribution in [0.25, 0.3) is 11.0 Å². The van der Waals surface area contributed by atoms with Gasteiger partial charge in [-0.15, -0.1) is 0 Å². The van der Waals surface area contributed by atoms with Gasteiger partial charge < -0.3 is 9.88 Å². The Balaban J connectivity index is 2.37. The number of para-hydroxylation sites is 2. The lowest BCUT2D eigenvalue weighted by Gasteiger charge is -2.33. The predicted molar refractivity (Wildman–Crippen MR) is 86.0 cm³/mol. The van der Waals surface area contributed by atoms with Crippen molar-refractivity contribution in [2.75, 3.05) is 7.05 Å². The summed E-state index contributed by atoms with van der Waals surface area (Å²) in [6.45, 7) is 10.1. The molecule has 0 saturated heterocycles. The van der Waals surface area contributed by atoms with Crippen molar-refractivity contribution >= 4 is 11.0 Å². The van der Waals surface area contributed by atoms with Crippen LogP contribution in [0.4, 0.5) is 0 Å². The summed E-state index contributed by atoms with van der Waals surface area (Å²) in [7, 11) is 2.06. The van der Waals surface area contributed by atoms with Crippen LogP contribution in [0.15, 0.2) is 24.3 Å². The van der Waals surface area contributed by atoms with Gasteiger partial charge in [0.05, 0.1) is 11.0 Å². The van der Waals surface area contributed by atoms with E-state index in [1.54, 1.807) is 0 Å². The highest BCUT2D eigenvalue weighted by Gasteiger charge is 2.28. The van der Waals surface area contributed by atoms with E-state index in [9.17, 15) is 0 Å². The molecule has 1 N–H and O–H groups in total. The van der Waals surface area contributed by atoms with Crippen LogP contribution in [0.2, 0.25) is 0 Å².